The van der Waals surface area contributed by atoms with Crippen molar-refractivity contribution in [2.75, 3.05) is 0 Å². The Balaban J connectivity index is 2.41. The molecule has 2 bridgehead atoms. The molecule has 94 valence electrons. The molecule has 2 rings (SSSR count). The topological polar surface area (TPSA) is 84.5 Å². The van der Waals surface area contributed by atoms with E-state index in [1.165, 1.54) is 0 Å². The molecule has 0 aliphatic heterocycles. The summed E-state index contributed by atoms with van der Waals surface area (Å²) in [6, 6.07) is -0.689. The number of nitrogens with two attached hydrogens (primary N) is 1. The van der Waals surface area contributed by atoms with Crippen LogP contribution in [0, 0.1) is 22.7 Å². The molecular weight excluding hydrogens is 218 g/mol. The standard InChI is InChI=1S/C12H19N3O2/c1-11(2)8-4-5-12(11,3)9(7(8)6-16)14-15-10(13)17/h6-8H,4-5H2,1-3H3,(H3,13,15,17)/t7-,8-,12-/m0/s1. The summed E-state index contributed by atoms with van der Waals surface area (Å²) < 4.78 is 0. The van der Waals surface area contributed by atoms with Crippen LogP contribution in [-0.4, -0.2) is 18.0 Å². The van der Waals surface area contributed by atoms with Crippen molar-refractivity contribution in [2.45, 2.75) is 33.6 Å². The van der Waals surface area contributed by atoms with Gasteiger partial charge in [0.25, 0.3) is 0 Å². The van der Waals surface area contributed by atoms with Crippen molar-refractivity contribution in [2.24, 2.45) is 33.5 Å². The molecule has 17 heavy (non-hydrogen) atoms. The summed E-state index contributed by atoms with van der Waals surface area (Å²) in [4.78, 5) is 22.0. The first-order valence-corrected chi connectivity index (χ1v) is 5.93. The fraction of sp³-hybridized carbons (Fsp3) is 0.750. The molecular formula is C12H19N3O2. The molecule has 5 nitrogen and oxygen atoms in total. The molecule has 2 aliphatic carbocycles. The van der Waals surface area contributed by atoms with Crippen molar-refractivity contribution in [3.05, 3.63) is 0 Å². The summed E-state index contributed by atoms with van der Waals surface area (Å²) in [5.74, 6) is 0.133. The van der Waals surface area contributed by atoms with Crippen LogP contribution in [0.5, 0.6) is 0 Å². The predicted molar refractivity (Wildman–Crippen MR) is 64.3 cm³/mol. The van der Waals surface area contributed by atoms with E-state index in [0.717, 1.165) is 24.8 Å². The molecule has 3 N–H and O–H groups in total. The highest BCUT2D eigenvalue weighted by Gasteiger charge is 2.64. The van der Waals surface area contributed by atoms with Gasteiger partial charge in [0.2, 0.25) is 0 Å². The molecule has 0 radical (unpaired) electrons. The van der Waals surface area contributed by atoms with Gasteiger partial charge < -0.3 is 10.5 Å². The average Bonchev–Trinajstić information content (AvgIpc) is 2.56. The second-order valence-electron chi connectivity index (χ2n) is 5.83. The number of carbonyl (C=O) groups excluding carboxylic acids is 2. The van der Waals surface area contributed by atoms with Gasteiger partial charge in [-0.05, 0) is 24.2 Å². The first-order chi connectivity index (χ1) is 7.84. The van der Waals surface area contributed by atoms with Crippen LogP contribution in [0.25, 0.3) is 0 Å². The number of nitrogens with one attached hydrogen (secondary N) is 1. The normalized spacial score (nSPS) is 40.5. The van der Waals surface area contributed by atoms with E-state index in [0.29, 0.717) is 5.92 Å². The van der Waals surface area contributed by atoms with Gasteiger partial charge in [0, 0.05) is 5.41 Å². The second kappa shape index (κ2) is 3.55. The van der Waals surface area contributed by atoms with E-state index in [9.17, 15) is 9.59 Å². The largest absolute Gasteiger partial charge is 0.350 e. The monoisotopic (exact) mass is 237 g/mol. The number of hydrogen-bond acceptors (Lipinski definition) is 3. The van der Waals surface area contributed by atoms with Crippen molar-refractivity contribution in [1.82, 2.24) is 5.43 Å². The highest BCUT2D eigenvalue weighted by molar-refractivity contribution is 6.05. The van der Waals surface area contributed by atoms with Crippen LogP contribution in [-0.2, 0) is 4.79 Å². The highest BCUT2D eigenvalue weighted by Crippen LogP contribution is 2.65. The SMILES string of the molecule is CC1(C)[C@H]2CC[C@@]1(C)C(=NNC(N)=O)[C@H]2C=O. The molecule has 2 aliphatic rings. The minimum atomic E-state index is -0.689. The van der Waals surface area contributed by atoms with Crippen molar-refractivity contribution in [1.29, 1.82) is 0 Å². The fourth-order valence-electron chi connectivity index (χ4n) is 3.65. The molecule has 2 fully saturated rings. The molecule has 0 aromatic heterocycles. The smallest absolute Gasteiger partial charge is 0.332 e. The van der Waals surface area contributed by atoms with Gasteiger partial charge >= 0.3 is 6.03 Å². The molecule has 0 aromatic rings. The molecule has 3 atom stereocenters. The summed E-state index contributed by atoms with van der Waals surface area (Å²) in [6.07, 6.45) is 3.01. The van der Waals surface area contributed by atoms with Gasteiger partial charge in [0.1, 0.15) is 6.29 Å². The number of carbonyl (C=O) groups is 2. The summed E-state index contributed by atoms with van der Waals surface area (Å²) in [6.45, 7) is 6.47. The van der Waals surface area contributed by atoms with Gasteiger partial charge in [0.05, 0.1) is 11.6 Å². The Kier molecular flexibility index (Phi) is 2.52. The van der Waals surface area contributed by atoms with Crippen LogP contribution < -0.4 is 11.2 Å². The van der Waals surface area contributed by atoms with Gasteiger partial charge in [-0.25, -0.2) is 10.2 Å². The number of rotatable bonds is 2. The van der Waals surface area contributed by atoms with Crippen LogP contribution in [0.3, 0.4) is 0 Å². The van der Waals surface area contributed by atoms with Gasteiger partial charge in [-0.3, -0.25) is 0 Å². The summed E-state index contributed by atoms with van der Waals surface area (Å²) in [5, 5.41) is 4.09. The summed E-state index contributed by atoms with van der Waals surface area (Å²) in [7, 11) is 0. The maximum atomic E-state index is 11.3. The number of hydrazone groups is 1. The van der Waals surface area contributed by atoms with Gasteiger partial charge in [-0.1, -0.05) is 20.8 Å². The van der Waals surface area contributed by atoms with E-state index in [1.54, 1.807) is 0 Å². The second-order valence-corrected chi connectivity index (χ2v) is 5.83. The molecule has 0 aromatic carbocycles. The van der Waals surface area contributed by atoms with Crippen LogP contribution in [0.2, 0.25) is 0 Å². The number of primary amides is 1. The lowest BCUT2D eigenvalue weighted by atomic mass is 9.70. The Bertz CT molecular complexity index is 403. The highest BCUT2D eigenvalue weighted by atomic mass is 16.2. The number of fused-ring (bicyclic) bond motifs is 2. The molecule has 2 amide bonds. The van der Waals surface area contributed by atoms with E-state index in [4.69, 9.17) is 5.73 Å². The maximum Gasteiger partial charge on any atom is 0.332 e. The Morgan fingerprint density at radius 2 is 2.18 bits per heavy atom. The third-order valence-electron chi connectivity index (χ3n) is 5.05. The molecule has 5 heteroatoms. The van der Waals surface area contributed by atoms with Crippen molar-refractivity contribution in [3.8, 4) is 0 Å². The fourth-order valence-corrected chi connectivity index (χ4v) is 3.65. The number of aldehydes is 1. The third-order valence-corrected chi connectivity index (χ3v) is 5.05. The molecule has 0 saturated heterocycles. The Morgan fingerprint density at radius 1 is 1.53 bits per heavy atom. The zero-order valence-corrected chi connectivity index (χ0v) is 10.5. The lowest BCUT2D eigenvalue weighted by Crippen LogP contribution is -2.37. The number of hydrogen-bond donors (Lipinski definition) is 2. The van der Waals surface area contributed by atoms with Gasteiger partial charge in [-0.15, -0.1) is 0 Å². The zero-order valence-electron chi connectivity index (χ0n) is 10.5. The zero-order chi connectivity index (χ0) is 12.8. The van der Waals surface area contributed by atoms with Crippen LogP contribution in [0.15, 0.2) is 5.10 Å². The van der Waals surface area contributed by atoms with E-state index >= 15 is 0 Å². The van der Waals surface area contributed by atoms with E-state index in [1.807, 2.05) is 0 Å². The minimum Gasteiger partial charge on any atom is -0.350 e. The van der Waals surface area contributed by atoms with Crippen molar-refractivity contribution < 1.29 is 9.59 Å². The Morgan fingerprint density at radius 3 is 2.71 bits per heavy atom. The minimum absolute atomic E-state index is 0.0384. The molecule has 2 saturated carbocycles. The van der Waals surface area contributed by atoms with E-state index in [-0.39, 0.29) is 16.7 Å². The van der Waals surface area contributed by atoms with Crippen LogP contribution in [0.1, 0.15) is 33.6 Å². The van der Waals surface area contributed by atoms with Crippen LogP contribution in [0.4, 0.5) is 4.79 Å². The first kappa shape index (κ1) is 12.1. The van der Waals surface area contributed by atoms with Gasteiger partial charge in [0.15, 0.2) is 0 Å². The molecule has 0 spiro atoms. The Labute approximate surface area is 101 Å². The quantitative estimate of drug-likeness (QED) is 0.560. The summed E-state index contributed by atoms with van der Waals surface area (Å²) >= 11 is 0. The van der Waals surface area contributed by atoms with E-state index < -0.39 is 6.03 Å². The average molecular weight is 237 g/mol. The summed E-state index contributed by atoms with van der Waals surface area (Å²) in [5.41, 5.74) is 7.99. The van der Waals surface area contributed by atoms with Crippen LogP contribution >= 0.6 is 0 Å². The van der Waals surface area contributed by atoms with Crippen molar-refractivity contribution in [3.63, 3.8) is 0 Å². The predicted octanol–water partition coefficient (Wildman–Crippen LogP) is 1.28. The first-order valence-electron chi connectivity index (χ1n) is 5.93. The lowest BCUT2D eigenvalue weighted by Gasteiger charge is -2.34. The number of amides is 2. The number of urea groups is 1. The van der Waals surface area contributed by atoms with Crippen molar-refractivity contribution >= 4 is 18.0 Å². The molecule has 0 heterocycles. The third kappa shape index (κ3) is 1.41. The van der Waals surface area contributed by atoms with Gasteiger partial charge in [-0.2, -0.15) is 5.10 Å². The molecule has 0 unspecified atom stereocenters. The maximum absolute atomic E-state index is 11.3. The number of nitrogens with zero attached hydrogens (tertiary/aromatic N) is 1. The lowest BCUT2D eigenvalue weighted by molar-refractivity contribution is -0.110. The Hall–Kier alpha value is -1.39. The van der Waals surface area contributed by atoms with E-state index in [2.05, 4.69) is 31.3 Å².